The first-order chi connectivity index (χ1) is 9.13. The highest BCUT2D eigenvalue weighted by atomic mass is 31.2. The van der Waals surface area contributed by atoms with Gasteiger partial charge in [0.2, 0.25) is 0 Å². The van der Waals surface area contributed by atoms with Gasteiger partial charge in [-0.2, -0.15) is 0 Å². The standard InChI is InChI=1S/C16H20NOP/c1-14(17)12-13-19(18,15-8-4-2-5-9-15)16-10-6-3-7-11-16/h2-11,14H,12-13,17H2,1H3. The smallest absolute Gasteiger partial charge is 0.143 e. The molecule has 0 aliphatic heterocycles. The molecule has 2 N–H and O–H groups in total. The highest BCUT2D eigenvalue weighted by Crippen LogP contribution is 2.43. The number of hydrogen-bond acceptors (Lipinski definition) is 2. The lowest BCUT2D eigenvalue weighted by Crippen LogP contribution is -2.23. The minimum Gasteiger partial charge on any atom is -0.328 e. The van der Waals surface area contributed by atoms with Gasteiger partial charge in [-0.1, -0.05) is 60.7 Å². The second-order valence-corrected chi connectivity index (χ2v) is 7.86. The molecular formula is C16H20NOP. The van der Waals surface area contributed by atoms with Gasteiger partial charge in [-0.3, -0.25) is 0 Å². The Morgan fingerprint density at radius 1 is 0.947 bits per heavy atom. The summed E-state index contributed by atoms with van der Waals surface area (Å²) in [6.07, 6.45) is 1.39. The molecule has 0 aliphatic carbocycles. The maximum absolute atomic E-state index is 13.5. The van der Waals surface area contributed by atoms with Crippen molar-refractivity contribution in [3.63, 3.8) is 0 Å². The molecule has 0 radical (unpaired) electrons. The predicted molar refractivity (Wildman–Crippen MR) is 82.9 cm³/mol. The van der Waals surface area contributed by atoms with E-state index in [0.29, 0.717) is 6.16 Å². The van der Waals surface area contributed by atoms with Crippen LogP contribution in [0.4, 0.5) is 0 Å². The van der Waals surface area contributed by atoms with Crippen molar-refractivity contribution in [2.45, 2.75) is 19.4 Å². The SMILES string of the molecule is CC(N)CCP(=O)(c1ccccc1)c1ccccc1. The Bertz CT molecular complexity index is 508. The lowest BCUT2D eigenvalue weighted by Gasteiger charge is -2.20. The van der Waals surface area contributed by atoms with Gasteiger partial charge in [-0.25, -0.2) is 0 Å². The highest BCUT2D eigenvalue weighted by Gasteiger charge is 2.26. The van der Waals surface area contributed by atoms with Crippen molar-refractivity contribution in [1.29, 1.82) is 0 Å². The molecule has 3 heteroatoms. The van der Waals surface area contributed by atoms with E-state index in [2.05, 4.69) is 0 Å². The van der Waals surface area contributed by atoms with Crippen LogP contribution < -0.4 is 16.3 Å². The van der Waals surface area contributed by atoms with Crippen molar-refractivity contribution < 1.29 is 4.57 Å². The van der Waals surface area contributed by atoms with Crippen LogP contribution in [0, 0.1) is 0 Å². The topological polar surface area (TPSA) is 43.1 Å². The van der Waals surface area contributed by atoms with E-state index in [1.54, 1.807) is 0 Å². The summed E-state index contributed by atoms with van der Waals surface area (Å²) in [6, 6.07) is 19.5. The third-order valence-electron chi connectivity index (χ3n) is 3.25. The van der Waals surface area contributed by atoms with Crippen molar-refractivity contribution in [3.05, 3.63) is 60.7 Å². The van der Waals surface area contributed by atoms with Gasteiger partial charge < -0.3 is 10.3 Å². The predicted octanol–water partition coefficient (Wildman–Crippen LogP) is 2.74. The summed E-state index contributed by atoms with van der Waals surface area (Å²) >= 11 is 0. The number of hydrogen-bond donors (Lipinski definition) is 1. The van der Waals surface area contributed by atoms with E-state index in [9.17, 15) is 4.57 Å². The largest absolute Gasteiger partial charge is 0.328 e. The molecule has 0 aromatic heterocycles. The van der Waals surface area contributed by atoms with Crippen molar-refractivity contribution in [3.8, 4) is 0 Å². The third-order valence-corrected chi connectivity index (χ3v) is 6.40. The van der Waals surface area contributed by atoms with E-state index < -0.39 is 7.14 Å². The summed E-state index contributed by atoms with van der Waals surface area (Å²) < 4.78 is 13.5. The van der Waals surface area contributed by atoms with Crippen LogP contribution in [0.1, 0.15) is 13.3 Å². The minimum absolute atomic E-state index is 0.0701. The van der Waals surface area contributed by atoms with Crippen LogP contribution in [0.25, 0.3) is 0 Å². The molecule has 0 spiro atoms. The molecule has 0 saturated carbocycles. The summed E-state index contributed by atoms with van der Waals surface area (Å²) in [6.45, 7) is 1.96. The first-order valence-corrected chi connectivity index (χ1v) is 8.48. The second-order valence-electron chi connectivity index (χ2n) is 4.90. The molecule has 19 heavy (non-hydrogen) atoms. The molecule has 0 saturated heterocycles. The fourth-order valence-corrected chi connectivity index (χ4v) is 5.02. The van der Waals surface area contributed by atoms with Gasteiger partial charge in [0.1, 0.15) is 7.14 Å². The average molecular weight is 273 g/mol. The van der Waals surface area contributed by atoms with Crippen molar-refractivity contribution >= 4 is 17.8 Å². The van der Waals surface area contributed by atoms with Gasteiger partial charge in [0, 0.05) is 22.8 Å². The Labute approximate surface area is 115 Å². The van der Waals surface area contributed by atoms with Crippen LogP contribution in [0.5, 0.6) is 0 Å². The molecule has 100 valence electrons. The fourth-order valence-electron chi connectivity index (χ4n) is 2.13. The lowest BCUT2D eigenvalue weighted by atomic mass is 10.3. The maximum Gasteiger partial charge on any atom is 0.143 e. The van der Waals surface area contributed by atoms with Gasteiger partial charge >= 0.3 is 0 Å². The number of benzene rings is 2. The Morgan fingerprint density at radius 3 is 1.74 bits per heavy atom. The van der Waals surface area contributed by atoms with Crippen LogP contribution in [0.2, 0.25) is 0 Å². The average Bonchev–Trinajstić information content (AvgIpc) is 2.46. The fraction of sp³-hybridized carbons (Fsp3) is 0.250. The monoisotopic (exact) mass is 273 g/mol. The molecule has 2 aromatic carbocycles. The zero-order valence-corrected chi connectivity index (χ0v) is 12.1. The molecule has 0 heterocycles. The Balaban J connectivity index is 2.42. The highest BCUT2D eigenvalue weighted by molar-refractivity contribution is 7.78. The van der Waals surface area contributed by atoms with E-state index in [1.165, 1.54) is 0 Å². The quantitative estimate of drug-likeness (QED) is 0.851. The van der Waals surface area contributed by atoms with Gasteiger partial charge in [-0.15, -0.1) is 0 Å². The molecule has 0 bridgehead atoms. The van der Waals surface area contributed by atoms with E-state index in [-0.39, 0.29) is 6.04 Å². The van der Waals surface area contributed by atoms with E-state index in [0.717, 1.165) is 17.0 Å². The molecule has 2 aromatic rings. The molecular weight excluding hydrogens is 253 g/mol. The number of nitrogens with two attached hydrogens (primary N) is 1. The van der Waals surface area contributed by atoms with Gasteiger partial charge in [0.25, 0.3) is 0 Å². The summed E-state index contributed by atoms with van der Waals surface area (Å²) in [5.74, 6) is 0. The normalized spacial score (nSPS) is 13.2. The lowest BCUT2D eigenvalue weighted by molar-refractivity contribution is 0.582. The molecule has 2 nitrogen and oxygen atoms in total. The summed E-state index contributed by atoms with van der Waals surface area (Å²) in [7, 11) is -2.56. The third kappa shape index (κ3) is 3.34. The summed E-state index contributed by atoms with van der Waals surface area (Å²) in [5, 5.41) is 1.84. The Morgan fingerprint density at radius 2 is 1.37 bits per heavy atom. The zero-order chi connectivity index (χ0) is 13.7. The maximum atomic E-state index is 13.5. The molecule has 0 amide bonds. The number of rotatable bonds is 5. The zero-order valence-electron chi connectivity index (χ0n) is 11.2. The molecule has 0 fully saturated rings. The Kier molecular flexibility index (Phi) is 4.57. The van der Waals surface area contributed by atoms with Gasteiger partial charge in [-0.05, 0) is 13.3 Å². The van der Waals surface area contributed by atoms with Crippen molar-refractivity contribution in [2.75, 3.05) is 6.16 Å². The van der Waals surface area contributed by atoms with Crippen LogP contribution >= 0.6 is 7.14 Å². The van der Waals surface area contributed by atoms with Gasteiger partial charge in [0.15, 0.2) is 0 Å². The molecule has 0 aliphatic rings. The van der Waals surface area contributed by atoms with Crippen LogP contribution in [-0.2, 0) is 4.57 Å². The Hall–Kier alpha value is -1.37. The van der Waals surface area contributed by atoms with Gasteiger partial charge in [0.05, 0.1) is 0 Å². The van der Waals surface area contributed by atoms with Crippen molar-refractivity contribution in [2.24, 2.45) is 5.73 Å². The molecule has 2 rings (SSSR count). The minimum atomic E-state index is -2.56. The van der Waals surface area contributed by atoms with Crippen molar-refractivity contribution in [1.82, 2.24) is 0 Å². The van der Waals surface area contributed by atoms with Crippen LogP contribution in [-0.4, -0.2) is 12.2 Å². The van der Waals surface area contributed by atoms with E-state index >= 15 is 0 Å². The summed E-state index contributed by atoms with van der Waals surface area (Å²) in [4.78, 5) is 0. The first kappa shape index (κ1) is 14.0. The summed E-state index contributed by atoms with van der Waals surface area (Å²) in [5.41, 5.74) is 5.83. The van der Waals surface area contributed by atoms with E-state index in [1.807, 2.05) is 67.6 Å². The van der Waals surface area contributed by atoms with Crippen LogP contribution in [0.3, 0.4) is 0 Å². The molecule has 1 atom stereocenters. The van der Waals surface area contributed by atoms with Crippen LogP contribution in [0.15, 0.2) is 60.7 Å². The molecule has 1 unspecified atom stereocenters. The van der Waals surface area contributed by atoms with E-state index in [4.69, 9.17) is 5.73 Å². The second kappa shape index (κ2) is 6.18. The first-order valence-electron chi connectivity index (χ1n) is 6.59.